The van der Waals surface area contributed by atoms with Crippen molar-refractivity contribution >= 4 is 18.0 Å². The van der Waals surface area contributed by atoms with Crippen LogP contribution in [-0.4, -0.2) is 24.3 Å². The van der Waals surface area contributed by atoms with Crippen molar-refractivity contribution in [3.63, 3.8) is 0 Å². The molecule has 7 heteroatoms. The summed E-state index contributed by atoms with van der Waals surface area (Å²) in [5.41, 5.74) is 1.15. The maximum absolute atomic E-state index is 13.0. The van der Waals surface area contributed by atoms with Crippen molar-refractivity contribution in [1.29, 1.82) is 0 Å². The van der Waals surface area contributed by atoms with Gasteiger partial charge in [-0.15, -0.1) is 0 Å². The normalized spacial score (nSPS) is 15.4. The molecule has 0 N–H and O–H groups in total. The summed E-state index contributed by atoms with van der Waals surface area (Å²) in [6, 6.07) is 11.0. The summed E-state index contributed by atoms with van der Waals surface area (Å²) < 4.78 is 34.6. The molecule has 0 amide bonds. The summed E-state index contributed by atoms with van der Waals surface area (Å²) in [7, 11) is 0. The second-order valence-electron chi connectivity index (χ2n) is 6.79. The number of hydrogen-bond donors (Lipinski definition) is 0. The zero-order valence-electron chi connectivity index (χ0n) is 16.4. The van der Waals surface area contributed by atoms with Crippen LogP contribution < -0.4 is 9.47 Å². The average molecular weight is 400 g/mol. The monoisotopic (exact) mass is 400 g/mol. The first-order valence-electron chi connectivity index (χ1n) is 9.10. The van der Waals surface area contributed by atoms with E-state index in [-0.39, 0.29) is 18.0 Å². The maximum atomic E-state index is 13.0. The minimum atomic E-state index is -1.29. The molecule has 0 atom stereocenters. The van der Waals surface area contributed by atoms with Crippen molar-refractivity contribution in [3.05, 3.63) is 65.0 Å². The molecule has 0 aliphatic carbocycles. The highest BCUT2D eigenvalue weighted by Gasteiger charge is 2.38. The molecule has 3 rings (SSSR count). The second-order valence-corrected chi connectivity index (χ2v) is 6.79. The Hall–Kier alpha value is -3.35. The van der Waals surface area contributed by atoms with Gasteiger partial charge in [-0.05, 0) is 48.4 Å². The van der Waals surface area contributed by atoms with Gasteiger partial charge in [0.25, 0.3) is 5.79 Å². The van der Waals surface area contributed by atoms with Crippen LogP contribution in [0.15, 0.2) is 48.0 Å². The predicted octanol–water partition coefficient (Wildman–Crippen LogP) is 4.02. The number of hydrogen-bond acceptors (Lipinski definition) is 6. The Labute approximate surface area is 167 Å². The van der Waals surface area contributed by atoms with E-state index in [9.17, 15) is 14.0 Å². The van der Waals surface area contributed by atoms with Crippen molar-refractivity contribution < 1.29 is 32.9 Å². The van der Waals surface area contributed by atoms with E-state index in [4.69, 9.17) is 18.9 Å². The number of esters is 2. The molecule has 0 bridgehead atoms. The number of ether oxygens (including phenoxy) is 4. The third-order valence-electron chi connectivity index (χ3n) is 4.00. The van der Waals surface area contributed by atoms with Gasteiger partial charge in [0.15, 0.2) is 11.5 Å². The van der Waals surface area contributed by atoms with Gasteiger partial charge >= 0.3 is 11.9 Å². The second kappa shape index (κ2) is 8.34. The molecule has 1 fully saturated rings. The lowest BCUT2D eigenvalue weighted by molar-refractivity contribution is -0.222. The van der Waals surface area contributed by atoms with Gasteiger partial charge in [-0.25, -0.2) is 14.0 Å². The average Bonchev–Trinajstić information content (AvgIpc) is 2.65. The molecule has 0 radical (unpaired) electrons. The minimum Gasteiger partial charge on any atom is -0.490 e. The van der Waals surface area contributed by atoms with E-state index in [0.717, 1.165) is 5.56 Å². The number of benzene rings is 2. The lowest BCUT2D eigenvalue weighted by Crippen LogP contribution is -2.41. The van der Waals surface area contributed by atoms with Crippen LogP contribution in [-0.2, 0) is 25.7 Å². The van der Waals surface area contributed by atoms with Crippen LogP contribution in [0.2, 0.25) is 0 Å². The summed E-state index contributed by atoms with van der Waals surface area (Å²) in [5.74, 6) is -2.18. The maximum Gasteiger partial charge on any atom is 0.348 e. The Morgan fingerprint density at radius 2 is 1.62 bits per heavy atom. The highest BCUT2D eigenvalue weighted by Crippen LogP contribution is 2.31. The first-order valence-corrected chi connectivity index (χ1v) is 9.10. The molecule has 0 aromatic heterocycles. The SMILES string of the molecule is CCOc1cc(C=C2C(=O)OC(C)(C)OC2=O)ccc1OCc1ccc(F)cc1. The summed E-state index contributed by atoms with van der Waals surface area (Å²) >= 11 is 0. The van der Waals surface area contributed by atoms with Crippen LogP contribution in [0, 0.1) is 5.82 Å². The largest absolute Gasteiger partial charge is 0.490 e. The van der Waals surface area contributed by atoms with Gasteiger partial charge in [-0.3, -0.25) is 0 Å². The molecule has 0 saturated carbocycles. The molecule has 1 heterocycles. The first-order chi connectivity index (χ1) is 13.8. The molecule has 2 aromatic rings. The van der Waals surface area contributed by atoms with Crippen molar-refractivity contribution in [3.8, 4) is 11.5 Å². The van der Waals surface area contributed by atoms with Crippen LogP contribution in [0.25, 0.3) is 6.08 Å². The van der Waals surface area contributed by atoms with E-state index in [1.54, 1.807) is 30.3 Å². The highest BCUT2D eigenvalue weighted by atomic mass is 19.1. The fraction of sp³-hybridized carbons (Fsp3) is 0.273. The Morgan fingerprint density at radius 3 is 2.24 bits per heavy atom. The molecule has 1 aliphatic rings. The molecule has 1 saturated heterocycles. The Morgan fingerprint density at radius 1 is 0.966 bits per heavy atom. The lowest BCUT2D eigenvalue weighted by atomic mass is 10.1. The van der Waals surface area contributed by atoms with Crippen molar-refractivity contribution in [2.75, 3.05) is 6.61 Å². The topological polar surface area (TPSA) is 71.1 Å². The summed E-state index contributed by atoms with van der Waals surface area (Å²) in [6.07, 6.45) is 1.38. The summed E-state index contributed by atoms with van der Waals surface area (Å²) in [4.78, 5) is 24.2. The predicted molar refractivity (Wildman–Crippen MR) is 103 cm³/mol. The molecule has 0 spiro atoms. The third-order valence-corrected chi connectivity index (χ3v) is 4.00. The number of halogens is 1. The van der Waals surface area contributed by atoms with E-state index < -0.39 is 17.7 Å². The van der Waals surface area contributed by atoms with Crippen molar-refractivity contribution in [2.24, 2.45) is 0 Å². The number of carbonyl (C=O) groups excluding carboxylic acids is 2. The van der Waals surface area contributed by atoms with Crippen LogP contribution >= 0.6 is 0 Å². The Balaban J connectivity index is 1.81. The quantitative estimate of drug-likeness (QED) is 0.414. The van der Waals surface area contributed by atoms with Gasteiger partial charge in [0, 0.05) is 13.8 Å². The number of cyclic esters (lactones) is 2. The van der Waals surface area contributed by atoms with Crippen LogP contribution in [0.4, 0.5) is 4.39 Å². The van der Waals surface area contributed by atoms with Gasteiger partial charge in [0.2, 0.25) is 0 Å². The molecule has 1 aliphatic heterocycles. The van der Waals surface area contributed by atoms with E-state index in [1.165, 1.54) is 32.1 Å². The van der Waals surface area contributed by atoms with E-state index in [2.05, 4.69) is 0 Å². The van der Waals surface area contributed by atoms with Crippen LogP contribution in [0.3, 0.4) is 0 Å². The molecule has 2 aromatic carbocycles. The fourth-order valence-electron chi connectivity index (χ4n) is 2.69. The molecular formula is C22H21FO6. The van der Waals surface area contributed by atoms with Crippen molar-refractivity contribution in [2.45, 2.75) is 33.2 Å². The zero-order valence-corrected chi connectivity index (χ0v) is 16.4. The minimum absolute atomic E-state index is 0.202. The van der Waals surface area contributed by atoms with Gasteiger partial charge in [-0.1, -0.05) is 18.2 Å². The molecule has 0 unspecified atom stereocenters. The molecule has 152 valence electrons. The smallest absolute Gasteiger partial charge is 0.348 e. The molecule has 6 nitrogen and oxygen atoms in total. The van der Waals surface area contributed by atoms with Crippen LogP contribution in [0.5, 0.6) is 11.5 Å². The third kappa shape index (κ3) is 5.13. The van der Waals surface area contributed by atoms with E-state index >= 15 is 0 Å². The van der Waals surface area contributed by atoms with Gasteiger partial charge in [-0.2, -0.15) is 0 Å². The fourth-order valence-corrected chi connectivity index (χ4v) is 2.69. The summed E-state index contributed by atoms with van der Waals surface area (Å²) in [5, 5.41) is 0. The Kier molecular flexibility index (Phi) is 5.87. The standard InChI is InChI=1S/C22H21FO6/c1-4-26-19-12-15(11-17-20(24)28-22(2,3)29-21(17)25)7-10-18(19)27-13-14-5-8-16(23)9-6-14/h5-12H,4,13H2,1-3H3. The van der Waals surface area contributed by atoms with Gasteiger partial charge in [0.1, 0.15) is 18.0 Å². The van der Waals surface area contributed by atoms with Crippen LogP contribution in [0.1, 0.15) is 31.9 Å². The molecule has 29 heavy (non-hydrogen) atoms. The first kappa shape index (κ1) is 20.4. The van der Waals surface area contributed by atoms with Gasteiger partial charge in [0.05, 0.1) is 6.61 Å². The molecular weight excluding hydrogens is 379 g/mol. The Bertz CT molecular complexity index is 924. The van der Waals surface area contributed by atoms with Gasteiger partial charge < -0.3 is 18.9 Å². The van der Waals surface area contributed by atoms with Crippen molar-refractivity contribution in [1.82, 2.24) is 0 Å². The lowest BCUT2D eigenvalue weighted by Gasteiger charge is -2.29. The number of rotatable bonds is 6. The van der Waals surface area contributed by atoms with E-state index in [0.29, 0.717) is 23.7 Å². The number of carbonyl (C=O) groups is 2. The highest BCUT2D eigenvalue weighted by molar-refractivity contribution is 6.18. The van der Waals surface area contributed by atoms with E-state index in [1.807, 2.05) is 6.92 Å². The zero-order chi connectivity index (χ0) is 21.0. The summed E-state index contributed by atoms with van der Waals surface area (Å²) in [6.45, 7) is 5.42.